The van der Waals surface area contributed by atoms with Crippen molar-refractivity contribution in [2.45, 2.75) is 51.8 Å². The number of likely N-dealkylation sites (N-methyl/N-ethyl adjacent to an activating group) is 1. The van der Waals surface area contributed by atoms with Crippen molar-refractivity contribution in [1.82, 2.24) is 10.3 Å². The van der Waals surface area contributed by atoms with Gasteiger partial charge in [0.25, 0.3) is 0 Å². The molecule has 0 amide bonds. The van der Waals surface area contributed by atoms with Crippen LogP contribution in [0.2, 0.25) is 0 Å². The third-order valence-corrected chi connectivity index (χ3v) is 4.75. The maximum atomic E-state index is 5.48. The highest BCUT2D eigenvalue weighted by atomic mass is 32.2. The molecular weight excluding hydrogens is 268 g/mol. The van der Waals surface area contributed by atoms with Crippen molar-refractivity contribution < 1.29 is 4.74 Å². The van der Waals surface area contributed by atoms with Crippen LogP contribution in [0.4, 0.5) is 0 Å². The molecule has 1 heterocycles. The second-order valence-electron chi connectivity index (χ2n) is 6.16. The van der Waals surface area contributed by atoms with E-state index >= 15 is 0 Å². The molecule has 1 aromatic heterocycles. The Morgan fingerprint density at radius 3 is 2.50 bits per heavy atom. The minimum absolute atomic E-state index is 0.294. The van der Waals surface area contributed by atoms with Gasteiger partial charge in [0.05, 0.1) is 7.11 Å². The summed E-state index contributed by atoms with van der Waals surface area (Å²) in [7, 11) is 3.75. The molecule has 1 rings (SSSR count). The van der Waals surface area contributed by atoms with Crippen LogP contribution in [-0.2, 0) is 6.42 Å². The molecule has 0 saturated heterocycles. The molecule has 0 aliphatic heterocycles. The lowest BCUT2D eigenvalue weighted by molar-refractivity contribution is 0.406. The Balaban J connectivity index is 2.80. The van der Waals surface area contributed by atoms with Gasteiger partial charge in [-0.2, -0.15) is 11.8 Å². The molecule has 1 aromatic rings. The first kappa shape index (κ1) is 17.3. The average molecular weight is 296 g/mol. The number of pyridine rings is 1. The number of thioether (sulfide) groups is 1. The van der Waals surface area contributed by atoms with Gasteiger partial charge < -0.3 is 10.1 Å². The lowest BCUT2D eigenvalue weighted by Gasteiger charge is -2.23. The first-order valence-corrected chi connectivity index (χ1v) is 8.07. The van der Waals surface area contributed by atoms with Crippen molar-refractivity contribution in [2.75, 3.05) is 19.9 Å². The number of nitrogens with one attached hydrogen (secondary N) is 1. The van der Waals surface area contributed by atoms with E-state index in [2.05, 4.69) is 38.0 Å². The Kier molecular flexibility index (Phi) is 6.34. The molecule has 0 spiro atoms. The van der Waals surface area contributed by atoms with Crippen molar-refractivity contribution in [1.29, 1.82) is 0 Å². The summed E-state index contributed by atoms with van der Waals surface area (Å²) >= 11 is 1.98. The van der Waals surface area contributed by atoms with Gasteiger partial charge in [0.2, 0.25) is 0 Å². The van der Waals surface area contributed by atoms with Gasteiger partial charge in [0.15, 0.2) is 0 Å². The lowest BCUT2D eigenvalue weighted by Crippen LogP contribution is -2.32. The van der Waals surface area contributed by atoms with Gasteiger partial charge in [-0.05, 0) is 20.9 Å². The predicted molar refractivity (Wildman–Crippen MR) is 89.0 cm³/mol. The highest BCUT2D eigenvalue weighted by Gasteiger charge is 2.17. The van der Waals surface area contributed by atoms with E-state index in [1.807, 2.05) is 31.9 Å². The molecule has 1 unspecified atom stereocenters. The van der Waals surface area contributed by atoms with E-state index < -0.39 is 0 Å². The summed E-state index contributed by atoms with van der Waals surface area (Å²) in [5.41, 5.74) is 3.38. The first-order valence-electron chi connectivity index (χ1n) is 7.08. The number of aromatic nitrogens is 1. The Hall–Kier alpha value is -0.740. The van der Waals surface area contributed by atoms with E-state index in [9.17, 15) is 0 Å². The molecule has 0 aliphatic rings. The molecule has 1 atom stereocenters. The van der Waals surface area contributed by atoms with Crippen LogP contribution in [0, 0.1) is 13.8 Å². The van der Waals surface area contributed by atoms with Crippen LogP contribution < -0.4 is 10.1 Å². The summed E-state index contributed by atoms with van der Waals surface area (Å²) in [5.74, 6) is 2.05. The van der Waals surface area contributed by atoms with Crippen molar-refractivity contribution in [3.8, 4) is 5.75 Å². The van der Waals surface area contributed by atoms with E-state index in [1.165, 1.54) is 0 Å². The number of hydrogen-bond donors (Lipinski definition) is 1. The molecule has 114 valence electrons. The summed E-state index contributed by atoms with van der Waals surface area (Å²) in [5, 5.41) is 3.40. The summed E-state index contributed by atoms with van der Waals surface area (Å²) in [6.45, 7) is 10.9. The van der Waals surface area contributed by atoms with Gasteiger partial charge in [-0.15, -0.1) is 0 Å². The number of ether oxygens (including phenoxy) is 1. The highest BCUT2D eigenvalue weighted by Crippen LogP contribution is 2.27. The van der Waals surface area contributed by atoms with Crippen molar-refractivity contribution in [3.05, 3.63) is 23.0 Å². The summed E-state index contributed by atoms with van der Waals surface area (Å²) in [6.07, 6.45) is 2.84. The molecule has 0 aliphatic carbocycles. The quantitative estimate of drug-likeness (QED) is 0.873. The van der Waals surface area contributed by atoms with Crippen molar-refractivity contribution >= 4 is 11.8 Å². The molecular formula is C16H28N2OS. The van der Waals surface area contributed by atoms with Crippen molar-refractivity contribution in [2.24, 2.45) is 0 Å². The standard InChI is InChI=1S/C16H28N2OS/c1-11-9-18-14(12(2)15(11)19-7)8-13(17-6)10-20-16(3,4)5/h9,13,17H,8,10H2,1-7H3. The Morgan fingerprint density at radius 1 is 1.35 bits per heavy atom. The van der Waals surface area contributed by atoms with Gasteiger partial charge >= 0.3 is 0 Å². The van der Waals surface area contributed by atoms with Crippen LogP contribution in [0.5, 0.6) is 5.75 Å². The maximum Gasteiger partial charge on any atom is 0.128 e. The van der Waals surface area contributed by atoms with Crippen molar-refractivity contribution in [3.63, 3.8) is 0 Å². The zero-order chi connectivity index (χ0) is 15.3. The van der Waals surface area contributed by atoms with Gasteiger partial charge in [0, 0.05) is 46.0 Å². The molecule has 20 heavy (non-hydrogen) atoms. The largest absolute Gasteiger partial charge is 0.496 e. The smallest absolute Gasteiger partial charge is 0.128 e. The fourth-order valence-corrected chi connectivity index (χ4v) is 3.09. The normalized spacial score (nSPS) is 13.3. The zero-order valence-electron chi connectivity index (χ0n) is 13.8. The number of methoxy groups -OCH3 is 1. The number of nitrogens with zero attached hydrogens (tertiary/aromatic N) is 1. The van der Waals surface area contributed by atoms with Crippen LogP contribution in [0.3, 0.4) is 0 Å². The van der Waals surface area contributed by atoms with Crippen LogP contribution in [0.25, 0.3) is 0 Å². The minimum Gasteiger partial charge on any atom is -0.496 e. The predicted octanol–water partition coefficient (Wildman–Crippen LogP) is 3.37. The number of aryl methyl sites for hydroxylation is 1. The van der Waals surface area contributed by atoms with Gasteiger partial charge in [-0.1, -0.05) is 20.8 Å². The van der Waals surface area contributed by atoms with E-state index in [1.54, 1.807) is 7.11 Å². The Morgan fingerprint density at radius 2 is 2.00 bits per heavy atom. The molecule has 3 nitrogen and oxygen atoms in total. The van der Waals surface area contributed by atoms with E-state index in [0.29, 0.717) is 10.8 Å². The van der Waals surface area contributed by atoms with E-state index in [-0.39, 0.29) is 0 Å². The molecule has 0 radical (unpaired) electrons. The third-order valence-electron chi connectivity index (χ3n) is 3.32. The third kappa shape index (κ3) is 4.98. The topological polar surface area (TPSA) is 34.2 Å². The average Bonchev–Trinajstić information content (AvgIpc) is 2.36. The second kappa shape index (κ2) is 7.32. The van der Waals surface area contributed by atoms with Gasteiger partial charge in [-0.3, -0.25) is 4.98 Å². The zero-order valence-corrected chi connectivity index (χ0v) is 14.6. The Bertz CT molecular complexity index is 441. The summed E-state index contributed by atoms with van der Waals surface area (Å²) in [6, 6.07) is 0.429. The van der Waals surface area contributed by atoms with Crippen LogP contribution in [0.1, 0.15) is 37.6 Å². The van der Waals surface area contributed by atoms with Gasteiger partial charge in [-0.25, -0.2) is 0 Å². The number of rotatable bonds is 6. The first-order chi connectivity index (χ1) is 9.28. The van der Waals surface area contributed by atoms with Gasteiger partial charge in [0.1, 0.15) is 5.75 Å². The maximum absolute atomic E-state index is 5.48. The van der Waals surface area contributed by atoms with E-state index in [0.717, 1.165) is 34.7 Å². The monoisotopic (exact) mass is 296 g/mol. The van der Waals surface area contributed by atoms with Crippen LogP contribution in [-0.4, -0.2) is 35.7 Å². The molecule has 0 fully saturated rings. The highest BCUT2D eigenvalue weighted by molar-refractivity contribution is 8.00. The minimum atomic E-state index is 0.294. The molecule has 0 bridgehead atoms. The van der Waals surface area contributed by atoms with Crippen LogP contribution in [0.15, 0.2) is 6.20 Å². The van der Waals surface area contributed by atoms with Crippen LogP contribution >= 0.6 is 11.8 Å². The molecule has 1 N–H and O–H groups in total. The second-order valence-corrected chi connectivity index (χ2v) is 8.01. The summed E-state index contributed by atoms with van der Waals surface area (Å²) in [4.78, 5) is 4.59. The molecule has 0 aromatic carbocycles. The lowest BCUT2D eigenvalue weighted by atomic mass is 10.1. The number of hydrogen-bond acceptors (Lipinski definition) is 4. The fourth-order valence-electron chi connectivity index (χ4n) is 2.11. The molecule has 0 saturated carbocycles. The fraction of sp³-hybridized carbons (Fsp3) is 0.688. The Labute approximate surface area is 127 Å². The van der Waals surface area contributed by atoms with E-state index in [4.69, 9.17) is 4.74 Å². The summed E-state index contributed by atoms with van der Waals surface area (Å²) < 4.78 is 5.77. The SMILES string of the molecule is CNC(CSC(C)(C)C)Cc1ncc(C)c(OC)c1C. The molecule has 4 heteroatoms.